The maximum atomic E-state index is 8.52. The molecule has 0 unspecified atom stereocenters. The van der Waals surface area contributed by atoms with E-state index in [9.17, 15) is 0 Å². The SMILES string of the molecule is O=S(=O)([O-])[O-].[Ba+2].c1ccc(P(c2ccccc2)c2ccccc2)cc1. The van der Waals surface area contributed by atoms with Crippen molar-refractivity contribution in [2.45, 2.75) is 0 Å². The molecule has 0 N–H and O–H groups in total. The first kappa shape index (κ1) is 22.6. The predicted molar refractivity (Wildman–Crippen MR) is 101 cm³/mol. The fraction of sp³-hybridized carbons (Fsp3) is 0. The van der Waals surface area contributed by atoms with E-state index in [4.69, 9.17) is 17.5 Å². The van der Waals surface area contributed by atoms with Gasteiger partial charge in [0.25, 0.3) is 0 Å². The second kappa shape index (κ2) is 11.3. The Kier molecular flexibility index (Phi) is 10.2. The summed E-state index contributed by atoms with van der Waals surface area (Å²) < 4.78 is 34.1. The van der Waals surface area contributed by atoms with Crippen LogP contribution in [0.4, 0.5) is 0 Å². The zero-order chi connectivity index (χ0) is 17.4. The molecule has 0 aromatic heterocycles. The Hall–Kier alpha value is -0.469. The monoisotopic (exact) mass is 496 g/mol. The van der Waals surface area contributed by atoms with Crippen LogP contribution >= 0.6 is 7.92 Å². The Morgan fingerprint density at radius 2 is 0.760 bits per heavy atom. The van der Waals surface area contributed by atoms with E-state index in [1.165, 1.54) is 15.9 Å². The van der Waals surface area contributed by atoms with Crippen molar-refractivity contribution in [1.82, 2.24) is 0 Å². The first-order chi connectivity index (χ1) is 11.4. The van der Waals surface area contributed by atoms with Gasteiger partial charge in [-0.15, -0.1) is 0 Å². The van der Waals surface area contributed by atoms with Gasteiger partial charge in [-0.2, -0.15) is 0 Å². The molecular weight excluding hydrogens is 481 g/mol. The fourth-order valence-electron chi connectivity index (χ4n) is 2.18. The zero-order valence-electron chi connectivity index (χ0n) is 13.4. The van der Waals surface area contributed by atoms with E-state index in [-0.39, 0.29) is 48.9 Å². The predicted octanol–water partition coefficient (Wildman–Crippen LogP) is 1.73. The normalized spacial score (nSPS) is 10.4. The summed E-state index contributed by atoms with van der Waals surface area (Å²) >= 11 is 0. The van der Waals surface area contributed by atoms with Gasteiger partial charge in [0, 0.05) is 10.4 Å². The van der Waals surface area contributed by atoms with Crippen molar-refractivity contribution in [3.8, 4) is 0 Å². The molecule has 7 heteroatoms. The van der Waals surface area contributed by atoms with Crippen LogP contribution in [0, 0.1) is 0 Å². The van der Waals surface area contributed by atoms with Crippen molar-refractivity contribution >= 4 is 83.1 Å². The number of hydrogen-bond donors (Lipinski definition) is 0. The third-order valence-corrected chi connectivity index (χ3v) is 5.49. The van der Waals surface area contributed by atoms with E-state index in [0.717, 1.165) is 0 Å². The topological polar surface area (TPSA) is 80.3 Å². The summed E-state index contributed by atoms with van der Waals surface area (Å²) in [5, 5.41) is 4.19. The molecule has 0 saturated carbocycles. The minimum absolute atomic E-state index is 0. The molecule has 0 atom stereocenters. The Bertz CT molecular complexity index is 742. The maximum Gasteiger partial charge on any atom is 2.00 e. The molecule has 124 valence electrons. The van der Waals surface area contributed by atoms with Crippen LogP contribution in [0.5, 0.6) is 0 Å². The van der Waals surface area contributed by atoms with Crippen LogP contribution in [0.25, 0.3) is 0 Å². The number of hydrogen-bond acceptors (Lipinski definition) is 4. The summed E-state index contributed by atoms with van der Waals surface area (Å²) in [6.07, 6.45) is 0. The molecule has 0 heterocycles. The fourth-order valence-corrected chi connectivity index (χ4v) is 4.48. The summed E-state index contributed by atoms with van der Waals surface area (Å²) in [6.45, 7) is 0. The van der Waals surface area contributed by atoms with Gasteiger partial charge in [0.15, 0.2) is 0 Å². The molecular formula is C18H15BaO4PS. The average Bonchev–Trinajstić information content (AvgIpc) is 2.57. The standard InChI is InChI=1S/C18H15P.Ba.H2O4S/c1-4-10-16(11-5-1)19(17-12-6-2-7-13-17)18-14-8-3-9-15-18;;1-5(2,3)4/h1-15H;;(H2,1,2,3,4)/q;+2;/p-2. The van der Waals surface area contributed by atoms with Gasteiger partial charge < -0.3 is 9.11 Å². The average molecular weight is 496 g/mol. The smallest absolute Gasteiger partial charge is 0.759 e. The van der Waals surface area contributed by atoms with Gasteiger partial charge in [0.05, 0.1) is 0 Å². The third-order valence-electron chi connectivity index (χ3n) is 3.04. The minimum Gasteiger partial charge on any atom is -0.759 e. The number of rotatable bonds is 3. The summed E-state index contributed by atoms with van der Waals surface area (Å²) in [5.74, 6) is 0. The molecule has 0 fully saturated rings. The Balaban J connectivity index is 0.000000462. The van der Waals surface area contributed by atoms with Gasteiger partial charge in [-0.3, -0.25) is 8.42 Å². The molecule has 0 bridgehead atoms. The molecule has 0 amide bonds. The van der Waals surface area contributed by atoms with E-state index in [1.807, 2.05) is 0 Å². The van der Waals surface area contributed by atoms with Gasteiger partial charge in [-0.1, -0.05) is 91.0 Å². The Morgan fingerprint density at radius 1 is 0.560 bits per heavy atom. The summed E-state index contributed by atoms with van der Waals surface area (Å²) in [7, 11) is -5.61. The van der Waals surface area contributed by atoms with E-state index >= 15 is 0 Å². The van der Waals surface area contributed by atoms with Crippen molar-refractivity contribution in [2.24, 2.45) is 0 Å². The Labute approximate surface area is 189 Å². The van der Waals surface area contributed by atoms with E-state index in [2.05, 4.69) is 91.0 Å². The van der Waals surface area contributed by atoms with Crippen molar-refractivity contribution in [1.29, 1.82) is 0 Å². The second-order valence-corrected chi connectivity index (χ2v) is 7.79. The van der Waals surface area contributed by atoms with Crippen LogP contribution in [0.2, 0.25) is 0 Å². The Morgan fingerprint density at radius 3 is 0.960 bits per heavy atom. The van der Waals surface area contributed by atoms with Gasteiger partial charge in [-0.25, -0.2) is 0 Å². The largest absolute Gasteiger partial charge is 2.00 e. The van der Waals surface area contributed by atoms with Crippen LogP contribution in [-0.4, -0.2) is 66.4 Å². The third kappa shape index (κ3) is 8.64. The summed E-state index contributed by atoms with van der Waals surface area (Å²) in [6, 6.07) is 32.3. The molecule has 0 radical (unpaired) electrons. The van der Waals surface area contributed by atoms with E-state index in [1.54, 1.807) is 0 Å². The van der Waals surface area contributed by atoms with Gasteiger partial charge >= 0.3 is 48.9 Å². The van der Waals surface area contributed by atoms with Crippen LogP contribution < -0.4 is 15.9 Å². The van der Waals surface area contributed by atoms with Crippen molar-refractivity contribution in [3.63, 3.8) is 0 Å². The van der Waals surface area contributed by atoms with Gasteiger partial charge in [-0.05, 0) is 23.8 Å². The molecule has 0 aliphatic rings. The van der Waals surface area contributed by atoms with Crippen LogP contribution in [0.1, 0.15) is 0 Å². The van der Waals surface area contributed by atoms with Crippen LogP contribution in [-0.2, 0) is 10.4 Å². The van der Waals surface area contributed by atoms with Crippen LogP contribution in [0.15, 0.2) is 91.0 Å². The van der Waals surface area contributed by atoms with E-state index < -0.39 is 18.3 Å². The van der Waals surface area contributed by atoms with Crippen molar-refractivity contribution in [3.05, 3.63) is 91.0 Å². The van der Waals surface area contributed by atoms with Gasteiger partial charge in [0.1, 0.15) is 0 Å². The second-order valence-electron chi connectivity index (χ2n) is 4.75. The van der Waals surface area contributed by atoms with E-state index in [0.29, 0.717) is 0 Å². The molecule has 3 aromatic carbocycles. The van der Waals surface area contributed by atoms with Crippen molar-refractivity contribution in [2.75, 3.05) is 0 Å². The molecule has 3 aromatic rings. The molecule has 0 aliphatic carbocycles. The molecule has 3 rings (SSSR count). The summed E-state index contributed by atoms with van der Waals surface area (Å²) in [5.41, 5.74) is 0. The molecule has 0 saturated heterocycles. The number of benzene rings is 3. The first-order valence-electron chi connectivity index (χ1n) is 7.07. The maximum absolute atomic E-state index is 8.52. The van der Waals surface area contributed by atoms with Gasteiger partial charge in [0.2, 0.25) is 0 Å². The molecule has 25 heavy (non-hydrogen) atoms. The zero-order valence-corrected chi connectivity index (χ0v) is 19.5. The minimum atomic E-state index is -5.17. The molecule has 0 spiro atoms. The molecule has 4 nitrogen and oxygen atoms in total. The first-order valence-corrected chi connectivity index (χ1v) is 9.74. The quantitative estimate of drug-likeness (QED) is 0.240. The summed E-state index contributed by atoms with van der Waals surface area (Å²) in [4.78, 5) is 0. The van der Waals surface area contributed by atoms with Crippen LogP contribution in [0.3, 0.4) is 0 Å². The molecule has 0 aliphatic heterocycles. The van der Waals surface area contributed by atoms with Crippen molar-refractivity contribution < 1.29 is 17.5 Å².